The number of nitrogens with zero attached hydrogens (tertiary/aromatic N) is 2. The Balaban J connectivity index is 1.58. The lowest BCUT2D eigenvalue weighted by Crippen LogP contribution is -2.31. The third kappa shape index (κ3) is 5.05. The molecule has 1 aliphatic rings. The number of rotatable bonds is 8. The molecule has 0 aliphatic carbocycles. The number of benzene rings is 3. The van der Waals surface area contributed by atoms with E-state index in [1.165, 1.54) is 12.1 Å². The van der Waals surface area contributed by atoms with Crippen molar-refractivity contribution in [1.29, 1.82) is 0 Å². The van der Waals surface area contributed by atoms with Gasteiger partial charge in [-0.15, -0.1) is 0 Å². The highest BCUT2D eigenvalue weighted by molar-refractivity contribution is 6.30. The van der Waals surface area contributed by atoms with Gasteiger partial charge in [0.2, 0.25) is 0 Å². The highest BCUT2D eigenvalue weighted by Crippen LogP contribution is 2.34. The zero-order valence-corrected chi connectivity index (χ0v) is 19.5. The normalized spacial score (nSPS) is 15.0. The number of amides is 1. The number of carbonyl (C=O) groups is 2. The Hall–Kier alpha value is -3.84. The Morgan fingerprint density at radius 3 is 2.41 bits per heavy atom. The van der Waals surface area contributed by atoms with E-state index < -0.39 is 0 Å². The van der Waals surface area contributed by atoms with Crippen LogP contribution in [0.3, 0.4) is 0 Å². The van der Waals surface area contributed by atoms with Crippen LogP contribution in [0.15, 0.2) is 71.8 Å². The second-order valence-electron chi connectivity index (χ2n) is 7.60. The van der Waals surface area contributed by atoms with E-state index in [1.54, 1.807) is 37.4 Å². The van der Waals surface area contributed by atoms with Gasteiger partial charge >= 0.3 is 0 Å². The van der Waals surface area contributed by atoms with Crippen molar-refractivity contribution >= 4 is 29.5 Å². The first kappa shape index (κ1) is 23.3. The van der Waals surface area contributed by atoms with Gasteiger partial charge in [-0.2, -0.15) is 5.10 Å². The first-order valence-corrected chi connectivity index (χ1v) is 11.0. The molecule has 34 heavy (non-hydrogen) atoms. The predicted molar refractivity (Wildman–Crippen MR) is 129 cm³/mol. The molecule has 0 N–H and O–H groups in total. The van der Waals surface area contributed by atoms with Crippen LogP contribution in [-0.4, -0.2) is 43.7 Å². The fraction of sp³-hybridized carbons (Fsp3) is 0.192. The topological polar surface area (TPSA) is 77.4 Å². The van der Waals surface area contributed by atoms with Crippen LogP contribution in [0, 0.1) is 0 Å². The minimum Gasteiger partial charge on any atom is -0.497 e. The van der Waals surface area contributed by atoms with Gasteiger partial charge in [0.25, 0.3) is 5.91 Å². The number of halogens is 1. The summed E-state index contributed by atoms with van der Waals surface area (Å²) in [5.74, 6) is 1.16. The van der Waals surface area contributed by atoms with Gasteiger partial charge in [0, 0.05) is 17.0 Å². The summed E-state index contributed by atoms with van der Waals surface area (Å²) in [5, 5.41) is 6.71. The molecule has 0 saturated carbocycles. The number of hydrogen-bond donors (Lipinski definition) is 0. The van der Waals surface area contributed by atoms with Crippen molar-refractivity contribution in [3.05, 3.63) is 88.4 Å². The fourth-order valence-corrected chi connectivity index (χ4v) is 3.85. The van der Waals surface area contributed by atoms with E-state index in [4.69, 9.17) is 25.8 Å². The van der Waals surface area contributed by atoms with Crippen molar-refractivity contribution in [3.8, 4) is 17.2 Å². The second-order valence-corrected chi connectivity index (χ2v) is 8.04. The summed E-state index contributed by atoms with van der Waals surface area (Å²) < 4.78 is 16.3. The third-order valence-corrected chi connectivity index (χ3v) is 5.77. The number of methoxy groups -OCH3 is 2. The molecule has 0 bridgehead atoms. The Bertz CT molecular complexity index is 1210. The molecule has 1 atom stereocenters. The molecule has 0 aromatic heterocycles. The summed E-state index contributed by atoms with van der Waals surface area (Å²) in [7, 11) is 3.08. The maximum Gasteiger partial charge on any atom is 0.281 e. The Kier molecular flexibility index (Phi) is 7.13. The molecule has 3 aromatic rings. The largest absolute Gasteiger partial charge is 0.497 e. The van der Waals surface area contributed by atoms with Gasteiger partial charge in [0.1, 0.15) is 12.0 Å². The van der Waals surface area contributed by atoms with Crippen LogP contribution in [0.25, 0.3) is 0 Å². The Morgan fingerprint density at radius 2 is 1.76 bits per heavy atom. The molecule has 1 heterocycles. The molecule has 1 unspecified atom stereocenters. The van der Waals surface area contributed by atoms with Crippen molar-refractivity contribution in [1.82, 2.24) is 5.01 Å². The number of hydrogen-bond acceptors (Lipinski definition) is 6. The maximum absolute atomic E-state index is 13.2. The molecule has 1 amide bonds. The average molecular weight is 479 g/mol. The standard InChI is InChI=1S/C26H23ClN2O5/c1-32-21-10-6-18(7-11-21)22-14-23(19-4-8-20(27)9-5-19)29(28-22)26(31)16-34-24-12-3-17(15-30)13-25(24)33-2/h3-13,15,23H,14,16H2,1-2H3. The van der Waals surface area contributed by atoms with Crippen LogP contribution in [0.4, 0.5) is 0 Å². The molecule has 3 aromatic carbocycles. The van der Waals surface area contributed by atoms with Gasteiger partial charge in [-0.1, -0.05) is 23.7 Å². The quantitative estimate of drug-likeness (QED) is 0.429. The molecule has 174 valence electrons. The third-order valence-electron chi connectivity index (χ3n) is 5.52. The molecule has 7 nitrogen and oxygen atoms in total. The van der Waals surface area contributed by atoms with Gasteiger partial charge in [0.05, 0.1) is 26.0 Å². The van der Waals surface area contributed by atoms with Crippen LogP contribution in [0.5, 0.6) is 17.2 Å². The van der Waals surface area contributed by atoms with Gasteiger partial charge in [-0.25, -0.2) is 5.01 Å². The number of hydrazone groups is 1. The summed E-state index contributed by atoms with van der Waals surface area (Å²) in [4.78, 5) is 24.2. The first-order valence-electron chi connectivity index (χ1n) is 10.6. The molecule has 0 spiro atoms. The van der Waals surface area contributed by atoms with Gasteiger partial charge in [-0.3, -0.25) is 9.59 Å². The summed E-state index contributed by atoms with van der Waals surface area (Å²) in [6.45, 7) is -0.250. The summed E-state index contributed by atoms with van der Waals surface area (Å²) in [5.41, 5.74) is 3.05. The van der Waals surface area contributed by atoms with Crippen LogP contribution in [0.2, 0.25) is 5.02 Å². The van der Waals surface area contributed by atoms with Gasteiger partial charge in [-0.05, 0) is 65.7 Å². The number of ether oxygens (including phenoxy) is 3. The zero-order chi connectivity index (χ0) is 24.1. The van der Waals surface area contributed by atoms with E-state index >= 15 is 0 Å². The van der Waals surface area contributed by atoms with E-state index in [-0.39, 0.29) is 18.6 Å². The van der Waals surface area contributed by atoms with Crippen molar-refractivity contribution in [2.45, 2.75) is 12.5 Å². The van der Waals surface area contributed by atoms with E-state index in [1.807, 2.05) is 36.4 Å². The lowest BCUT2D eigenvalue weighted by Gasteiger charge is -2.22. The lowest BCUT2D eigenvalue weighted by atomic mass is 9.98. The van der Waals surface area contributed by atoms with E-state index in [9.17, 15) is 9.59 Å². The fourth-order valence-electron chi connectivity index (χ4n) is 3.73. The SMILES string of the molecule is COc1ccc(C2=NN(C(=O)COc3ccc(C=O)cc3OC)C(c3ccc(Cl)cc3)C2)cc1. The van der Waals surface area contributed by atoms with E-state index in [0.29, 0.717) is 34.8 Å². The molecular weight excluding hydrogens is 456 g/mol. The molecular formula is C26H23ClN2O5. The smallest absolute Gasteiger partial charge is 0.281 e. The molecule has 4 rings (SSSR count). The van der Waals surface area contributed by atoms with Crippen molar-refractivity contribution in [2.24, 2.45) is 5.10 Å². The Morgan fingerprint density at radius 1 is 1.03 bits per heavy atom. The van der Waals surface area contributed by atoms with Gasteiger partial charge < -0.3 is 14.2 Å². The molecule has 0 saturated heterocycles. The van der Waals surface area contributed by atoms with E-state index in [2.05, 4.69) is 5.10 Å². The summed E-state index contributed by atoms with van der Waals surface area (Å²) in [6, 6.07) is 19.4. The number of carbonyl (C=O) groups excluding carboxylic acids is 2. The molecule has 8 heteroatoms. The highest BCUT2D eigenvalue weighted by atomic mass is 35.5. The zero-order valence-electron chi connectivity index (χ0n) is 18.7. The van der Waals surface area contributed by atoms with Crippen molar-refractivity contribution in [3.63, 3.8) is 0 Å². The summed E-state index contributed by atoms with van der Waals surface area (Å²) >= 11 is 6.06. The monoisotopic (exact) mass is 478 g/mol. The maximum atomic E-state index is 13.2. The number of aldehydes is 1. The van der Waals surface area contributed by atoms with Crippen LogP contribution >= 0.6 is 11.6 Å². The average Bonchev–Trinajstić information content (AvgIpc) is 3.33. The summed E-state index contributed by atoms with van der Waals surface area (Å²) in [6.07, 6.45) is 1.25. The minimum absolute atomic E-state index is 0.250. The van der Waals surface area contributed by atoms with Gasteiger partial charge in [0.15, 0.2) is 18.1 Å². The van der Waals surface area contributed by atoms with Crippen molar-refractivity contribution < 1.29 is 23.8 Å². The van der Waals surface area contributed by atoms with Crippen LogP contribution in [0.1, 0.15) is 33.9 Å². The lowest BCUT2D eigenvalue weighted by molar-refractivity contribution is -0.135. The predicted octanol–water partition coefficient (Wildman–Crippen LogP) is 4.93. The Labute approximate surface area is 202 Å². The molecule has 0 fully saturated rings. The molecule has 1 aliphatic heterocycles. The minimum atomic E-state index is -0.315. The first-order chi connectivity index (χ1) is 16.5. The second kappa shape index (κ2) is 10.4. The van der Waals surface area contributed by atoms with Crippen LogP contribution < -0.4 is 14.2 Å². The van der Waals surface area contributed by atoms with Crippen LogP contribution in [-0.2, 0) is 4.79 Å². The highest BCUT2D eigenvalue weighted by Gasteiger charge is 2.33. The van der Waals surface area contributed by atoms with Crippen molar-refractivity contribution in [2.75, 3.05) is 20.8 Å². The molecule has 0 radical (unpaired) electrons. The van der Waals surface area contributed by atoms with E-state index in [0.717, 1.165) is 22.6 Å².